The van der Waals surface area contributed by atoms with Crippen LogP contribution in [0.15, 0.2) is 79.1 Å². The van der Waals surface area contributed by atoms with Crippen LogP contribution in [0.4, 0.5) is 0 Å². The van der Waals surface area contributed by atoms with Gasteiger partial charge in [0.05, 0.1) is 19.3 Å². The predicted molar refractivity (Wildman–Crippen MR) is 114 cm³/mol. The highest BCUT2D eigenvalue weighted by Gasteiger charge is 2.23. The fourth-order valence-electron chi connectivity index (χ4n) is 3.68. The Morgan fingerprint density at radius 2 is 1.79 bits per heavy atom. The van der Waals surface area contributed by atoms with E-state index >= 15 is 0 Å². The van der Waals surface area contributed by atoms with Crippen LogP contribution in [0.5, 0.6) is 0 Å². The molecule has 1 saturated heterocycles. The molecule has 1 aliphatic heterocycles. The van der Waals surface area contributed by atoms with Gasteiger partial charge in [-0.1, -0.05) is 48.5 Å². The van der Waals surface area contributed by atoms with Crippen LogP contribution in [-0.2, 0) is 4.74 Å². The van der Waals surface area contributed by atoms with Crippen LogP contribution in [-0.4, -0.2) is 48.6 Å². The lowest BCUT2D eigenvalue weighted by Gasteiger charge is -2.34. The minimum Gasteiger partial charge on any atom is -0.379 e. The number of ether oxygens (including phenoxy) is 1. The number of nitrogens with zero attached hydrogens (tertiary/aromatic N) is 2. The maximum absolute atomic E-state index is 12.9. The van der Waals surface area contributed by atoms with E-state index in [9.17, 15) is 4.79 Å². The van der Waals surface area contributed by atoms with Gasteiger partial charge >= 0.3 is 0 Å². The summed E-state index contributed by atoms with van der Waals surface area (Å²) < 4.78 is 5.49. The van der Waals surface area contributed by atoms with Crippen molar-refractivity contribution in [3.05, 3.63) is 90.3 Å². The Morgan fingerprint density at radius 3 is 2.55 bits per heavy atom. The largest absolute Gasteiger partial charge is 0.379 e. The SMILES string of the molecule is O=C(NCC(c1cccnc1)N1CCOCC1)c1cccc(-c2ccccc2)c1. The van der Waals surface area contributed by atoms with E-state index in [1.54, 1.807) is 6.20 Å². The summed E-state index contributed by atoms with van der Waals surface area (Å²) in [6.07, 6.45) is 3.65. The number of carbonyl (C=O) groups is 1. The number of carbonyl (C=O) groups excluding carboxylic acids is 1. The monoisotopic (exact) mass is 387 g/mol. The number of hydrogen-bond donors (Lipinski definition) is 1. The van der Waals surface area contributed by atoms with Gasteiger partial charge < -0.3 is 10.1 Å². The number of aromatic nitrogens is 1. The van der Waals surface area contributed by atoms with Gasteiger partial charge in [-0.25, -0.2) is 0 Å². The number of amides is 1. The zero-order valence-corrected chi connectivity index (χ0v) is 16.3. The van der Waals surface area contributed by atoms with Crippen molar-refractivity contribution < 1.29 is 9.53 Å². The summed E-state index contributed by atoms with van der Waals surface area (Å²) in [6.45, 7) is 3.64. The Labute approximate surface area is 171 Å². The van der Waals surface area contributed by atoms with Crippen LogP contribution >= 0.6 is 0 Å². The van der Waals surface area contributed by atoms with E-state index in [1.807, 2.05) is 66.9 Å². The summed E-state index contributed by atoms with van der Waals surface area (Å²) in [5.41, 5.74) is 3.91. The first-order valence-electron chi connectivity index (χ1n) is 9.97. The second-order valence-electron chi connectivity index (χ2n) is 7.11. The number of benzene rings is 2. The molecule has 0 aliphatic carbocycles. The number of nitrogens with one attached hydrogen (secondary N) is 1. The molecule has 0 radical (unpaired) electrons. The van der Waals surface area contributed by atoms with Crippen molar-refractivity contribution in [2.75, 3.05) is 32.8 Å². The second kappa shape index (κ2) is 9.45. The molecular weight excluding hydrogens is 362 g/mol. The predicted octanol–water partition coefficient (Wildman–Crippen LogP) is 3.55. The van der Waals surface area contributed by atoms with Gasteiger partial charge in [-0.15, -0.1) is 0 Å². The van der Waals surface area contributed by atoms with Crippen molar-refractivity contribution in [2.45, 2.75) is 6.04 Å². The molecule has 1 aromatic heterocycles. The van der Waals surface area contributed by atoms with E-state index in [0.29, 0.717) is 25.3 Å². The standard InChI is InChI=1S/C24H25N3O2/c28-24(21-9-4-8-20(16-21)19-6-2-1-3-7-19)26-18-23(22-10-5-11-25-17-22)27-12-14-29-15-13-27/h1-11,16-17,23H,12-15,18H2,(H,26,28). The van der Waals surface area contributed by atoms with Crippen LogP contribution in [0.3, 0.4) is 0 Å². The van der Waals surface area contributed by atoms with Crippen molar-refractivity contribution in [1.29, 1.82) is 0 Å². The highest BCUT2D eigenvalue weighted by atomic mass is 16.5. The third-order valence-electron chi connectivity index (χ3n) is 5.24. The zero-order chi connectivity index (χ0) is 19.9. The molecule has 1 N–H and O–H groups in total. The normalized spacial score (nSPS) is 15.6. The van der Waals surface area contributed by atoms with Crippen LogP contribution in [0, 0.1) is 0 Å². The molecule has 1 amide bonds. The lowest BCUT2D eigenvalue weighted by atomic mass is 10.0. The Bertz CT molecular complexity index is 925. The molecule has 0 spiro atoms. The molecule has 1 aliphatic rings. The summed E-state index contributed by atoms with van der Waals surface area (Å²) in [7, 11) is 0. The third kappa shape index (κ3) is 4.88. The first-order valence-corrected chi connectivity index (χ1v) is 9.97. The van der Waals surface area contributed by atoms with Gasteiger partial charge in [0.25, 0.3) is 5.91 Å². The molecule has 1 fully saturated rings. The number of pyridine rings is 1. The number of morpholine rings is 1. The van der Waals surface area contributed by atoms with Crippen LogP contribution < -0.4 is 5.32 Å². The lowest BCUT2D eigenvalue weighted by molar-refractivity contribution is 0.0161. The van der Waals surface area contributed by atoms with E-state index in [-0.39, 0.29) is 11.9 Å². The molecule has 5 nitrogen and oxygen atoms in total. The molecular formula is C24H25N3O2. The van der Waals surface area contributed by atoms with Crippen molar-refractivity contribution >= 4 is 5.91 Å². The third-order valence-corrected chi connectivity index (χ3v) is 5.24. The van der Waals surface area contributed by atoms with Crippen LogP contribution in [0.2, 0.25) is 0 Å². The molecule has 2 aromatic carbocycles. The Balaban J connectivity index is 1.48. The van der Waals surface area contributed by atoms with Crippen LogP contribution in [0.1, 0.15) is 22.0 Å². The minimum absolute atomic E-state index is 0.0649. The van der Waals surface area contributed by atoms with Gasteiger partial charge in [-0.05, 0) is 34.9 Å². The average molecular weight is 387 g/mol. The summed E-state index contributed by atoms with van der Waals surface area (Å²) in [6, 6.07) is 21.9. The molecule has 148 valence electrons. The van der Waals surface area contributed by atoms with E-state index in [4.69, 9.17) is 4.74 Å². The van der Waals surface area contributed by atoms with Crippen molar-refractivity contribution in [1.82, 2.24) is 15.2 Å². The van der Waals surface area contributed by atoms with E-state index in [2.05, 4.69) is 21.3 Å². The van der Waals surface area contributed by atoms with Gasteiger partial charge in [-0.3, -0.25) is 14.7 Å². The smallest absolute Gasteiger partial charge is 0.251 e. The minimum atomic E-state index is -0.0649. The Kier molecular flexibility index (Phi) is 6.29. The topological polar surface area (TPSA) is 54.5 Å². The molecule has 3 aromatic rings. The van der Waals surface area contributed by atoms with Gasteiger partial charge in [0.15, 0.2) is 0 Å². The summed E-state index contributed by atoms with van der Waals surface area (Å²) in [5, 5.41) is 3.12. The number of hydrogen-bond acceptors (Lipinski definition) is 4. The second-order valence-corrected chi connectivity index (χ2v) is 7.11. The summed E-state index contributed by atoms with van der Waals surface area (Å²) in [5.74, 6) is -0.0649. The van der Waals surface area contributed by atoms with Crippen molar-refractivity contribution in [3.8, 4) is 11.1 Å². The quantitative estimate of drug-likeness (QED) is 0.703. The Hall–Kier alpha value is -3.02. The van der Waals surface area contributed by atoms with E-state index in [0.717, 1.165) is 29.8 Å². The van der Waals surface area contributed by atoms with Gasteiger partial charge in [0.2, 0.25) is 0 Å². The molecule has 4 rings (SSSR count). The molecule has 1 unspecified atom stereocenters. The maximum atomic E-state index is 12.9. The molecule has 0 saturated carbocycles. The van der Waals surface area contributed by atoms with Gasteiger partial charge in [0, 0.05) is 37.6 Å². The molecule has 0 bridgehead atoms. The van der Waals surface area contributed by atoms with E-state index < -0.39 is 0 Å². The Morgan fingerprint density at radius 1 is 1.00 bits per heavy atom. The van der Waals surface area contributed by atoms with Crippen molar-refractivity contribution in [3.63, 3.8) is 0 Å². The van der Waals surface area contributed by atoms with E-state index in [1.165, 1.54) is 0 Å². The lowest BCUT2D eigenvalue weighted by Crippen LogP contribution is -2.43. The average Bonchev–Trinajstić information content (AvgIpc) is 2.81. The highest BCUT2D eigenvalue weighted by Crippen LogP contribution is 2.22. The maximum Gasteiger partial charge on any atom is 0.251 e. The highest BCUT2D eigenvalue weighted by molar-refractivity contribution is 5.95. The molecule has 2 heterocycles. The zero-order valence-electron chi connectivity index (χ0n) is 16.3. The molecule has 1 atom stereocenters. The first-order chi connectivity index (χ1) is 14.3. The fraction of sp³-hybridized carbons (Fsp3) is 0.250. The van der Waals surface area contributed by atoms with Gasteiger partial charge in [0.1, 0.15) is 0 Å². The van der Waals surface area contributed by atoms with Crippen LogP contribution in [0.25, 0.3) is 11.1 Å². The summed E-state index contributed by atoms with van der Waals surface area (Å²) in [4.78, 5) is 19.5. The van der Waals surface area contributed by atoms with Crippen molar-refractivity contribution in [2.24, 2.45) is 0 Å². The first kappa shape index (κ1) is 19.3. The fourth-order valence-corrected chi connectivity index (χ4v) is 3.68. The number of rotatable bonds is 6. The molecule has 29 heavy (non-hydrogen) atoms. The summed E-state index contributed by atoms with van der Waals surface area (Å²) >= 11 is 0. The van der Waals surface area contributed by atoms with Gasteiger partial charge in [-0.2, -0.15) is 0 Å². The molecule has 5 heteroatoms.